The van der Waals surface area contributed by atoms with E-state index in [1.54, 1.807) is 12.1 Å². The predicted octanol–water partition coefficient (Wildman–Crippen LogP) is 1.58. The summed E-state index contributed by atoms with van der Waals surface area (Å²) in [6.07, 6.45) is 1.43. The molecule has 4 nitrogen and oxygen atoms in total. The second-order valence-corrected chi connectivity index (χ2v) is 7.49. The van der Waals surface area contributed by atoms with Crippen molar-refractivity contribution < 1.29 is 8.42 Å². The summed E-state index contributed by atoms with van der Waals surface area (Å²) in [4.78, 5) is 0.418. The maximum Gasteiger partial charge on any atom is 0.178 e. The number of nitrogens with two attached hydrogens (primary N) is 2. The first-order valence-electron chi connectivity index (χ1n) is 7.16. The molecule has 5 heteroatoms. The Morgan fingerprint density at radius 1 is 1.20 bits per heavy atom. The quantitative estimate of drug-likeness (QED) is 0.763. The Morgan fingerprint density at radius 3 is 2.40 bits per heavy atom. The highest BCUT2D eigenvalue weighted by Gasteiger charge is 2.17. The first-order valence-corrected chi connectivity index (χ1v) is 8.81. The highest BCUT2D eigenvalue weighted by molar-refractivity contribution is 7.91. The summed E-state index contributed by atoms with van der Waals surface area (Å²) in [7, 11) is -3.15. The fourth-order valence-corrected chi connectivity index (χ4v) is 3.74. The van der Waals surface area contributed by atoms with Gasteiger partial charge >= 0.3 is 0 Å². The molecule has 4 N–H and O–H groups in total. The normalized spacial score (nSPS) is 13.7. The monoisotopic (exact) mass is 298 g/mol. The molecule has 1 atom stereocenters. The first kappa shape index (κ1) is 17.1. The first-order chi connectivity index (χ1) is 9.44. The van der Waals surface area contributed by atoms with Gasteiger partial charge in [0.2, 0.25) is 0 Å². The molecule has 0 fully saturated rings. The lowest BCUT2D eigenvalue weighted by molar-refractivity contribution is 0.372. The molecule has 0 aliphatic rings. The number of benzene rings is 1. The van der Waals surface area contributed by atoms with Gasteiger partial charge in [0.15, 0.2) is 9.84 Å². The zero-order chi connectivity index (χ0) is 15.2. The fourth-order valence-electron chi connectivity index (χ4n) is 2.35. The van der Waals surface area contributed by atoms with E-state index in [1.807, 2.05) is 19.1 Å². The third-order valence-corrected chi connectivity index (χ3v) is 5.62. The van der Waals surface area contributed by atoms with Crippen molar-refractivity contribution in [3.8, 4) is 0 Å². The average molecular weight is 298 g/mol. The Kier molecular flexibility index (Phi) is 6.65. The Morgan fingerprint density at radius 2 is 1.85 bits per heavy atom. The molecule has 0 heterocycles. The molecule has 0 spiro atoms. The van der Waals surface area contributed by atoms with Crippen LogP contribution in [-0.2, 0) is 16.3 Å². The summed E-state index contributed by atoms with van der Waals surface area (Å²) in [5.74, 6) is 0.806. The van der Waals surface area contributed by atoms with Gasteiger partial charge in [-0.3, -0.25) is 0 Å². The molecule has 1 unspecified atom stereocenters. The predicted molar refractivity (Wildman–Crippen MR) is 83.3 cm³/mol. The fraction of sp³-hybridized carbons (Fsp3) is 0.600. The van der Waals surface area contributed by atoms with Gasteiger partial charge in [0, 0.05) is 0 Å². The minimum absolute atomic E-state index is 0.195. The molecule has 0 aromatic heterocycles. The highest BCUT2D eigenvalue weighted by atomic mass is 32.2. The summed E-state index contributed by atoms with van der Waals surface area (Å²) in [5.41, 5.74) is 12.4. The molecule has 1 aromatic rings. The second-order valence-electron chi connectivity index (χ2n) is 5.38. The summed E-state index contributed by atoms with van der Waals surface area (Å²) in [6.45, 7) is 5.10. The van der Waals surface area contributed by atoms with Gasteiger partial charge in [-0.1, -0.05) is 26.0 Å². The van der Waals surface area contributed by atoms with Crippen LogP contribution in [0.25, 0.3) is 0 Å². The zero-order valence-electron chi connectivity index (χ0n) is 12.4. The van der Waals surface area contributed by atoms with Crippen LogP contribution in [0.5, 0.6) is 0 Å². The minimum atomic E-state index is -3.15. The van der Waals surface area contributed by atoms with Crippen LogP contribution in [0.2, 0.25) is 0 Å². The molecule has 0 radical (unpaired) electrons. The standard InChI is InChI=1S/C15H26N2O2S/c1-3-7-20(18,19)15-6-4-5-13(9-15)8-12(2)14(10-16)11-17/h4-6,9,12,14H,3,7-8,10-11,16-17H2,1-2H3. The van der Waals surface area contributed by atoms with Gasteiger partial charge in [-0.25, -0.2) is 8.42 Å². The van der Waals surface area contributed by atoms with Crippen LogP contribution in [0.1, 0.15) is 25.8 Å². The second kappa shape index (κ2) is 7.76. The molecule has 0 amide bonds. The number of hydrogen-bond acceptors (Lipinski definition) is 4. The lowest BCUT2D eigenvalue weighted by atomic mass is 9.88. The zero-order valence-corrected chi connectivity index (χ0v) is 13.2. The summed E-state index contributed by atoms with van der Waals surface area (Å²) in [6, 6.07) is 7.23. The lowest BCUT2D eigenvalue weighted by Gasteiger charge is -2.21. The number of hydrogen-bond donors (Lipinski definition) is 2. The molecule has 0 aliphatic heterocycles. The van der Waals surface area contributed by atoms with Gasteiger partial charge < -0.3 is 11.5 Å². The molecule has 1 aromatic carbocycles. The van der Waals surface area contributed by atoms with Gasteiger partial charge in [-0.05, 0) is 55.5 Å². The largest absolute Gasteiger partial charge is 0.330 e. The van der Waals surface area contributed by atoms with E-state index < -0.39 is 9.84 Å². The Balaban J connectivity index is 2.89. The van der Waals surface area contributed by atoms with E-state index in [0.29, 0.717) is 30.3 Å². The van der Waals surface area contributed by atoms with Crippen molar-refractivity contribution in [3.63, 3.8) is 0 Å². The average Bonchev–Trinajstić information content (AvgIpc) is 2.40. The maximum absolute atomic E-state index is 12.1. The van der Waals surface area contributed by atoms with Crippen molar-refractivity contribution >= 4 is 9.84 Å². The van der Waals surface area contributed by atoms with E-state index in [0.717, 1.165) is 12.0 Å². The number of sulfone groups is 1. The third-order valence-electron chi connectivity index (χ3n) is 3.70. The Bertz CT molecular complexity index is 510. The SMILES string of the molecule is CCCS(=O)(=O)c1cccc(CC(C)C(CN)CN)c1. The van der Waals surface area contributed by atoms with Gasteiger partial charge in [0.25, 0.3) is 0 Å². The van der Waals surface area contributed by atoms with Crippen molar-refractivity contribution in [3.05, 3.63) is 29.8 Å². The highest BCUT2D eigenvalue weighted by Crippen LogP contribution is 2.19. The minimum Gasteiger partial charge on any atom is -0.330 e. The van der Waals surface area contributed by atoms with Crippen molar-refractivity contribution in [2.45, 2.75) is 31.6 Å². The smallest absolute Gasteiger partial charge is 0.178 e. The molecule has 20 heavy (non-hydrogen) atoms. The van der Waals surface area contributed by atoms with Crippen LogP contribution in [-0.4, -0.2) is 27.3 Å². The topological polar surface area (TPSA) is 86.2 Å². The molecular weight excluding hydrogens is 272 g/mol. The Hall–Kier alpha value is -0.910. The molecular formula is C15H26N2O2S. The van der Waals surface area contributed by atoms with Gasteiger partial charge in [-0.15, -0.1) is 0 Å². The summed E-state index contributed by atoms with van der Waals surface area (Å²) in [5, 5.41) is 0. The van der Waals surface area contributed by atoms with Crippen molar-refractivity contribution in [2.75, 3.05) is 18.8 Å². The Labute approximate surface area is 122 Å². The van der Waals surface area contributed by atoms with Crippen molar-refractivity contribution in [1.82, 2.24) is 0 Å². The van der Waals surface area contributed by atoms with E-state index in [9.17, 15) is 8.42 Å². The van der Waals surface area contributed by atoms with Crippen molar-refractivity contribution in [2.24, 2.45) is 23.3 Å². The maximum atomic E-state index is 12.1. The van der Waals surface area contributed by atoms with Crippen LogP contribution in [0, 0.1) is 11.8 Å². The van der Waals surface area contributed by atoms with E-state index >= 15 is 0 Å². The van der Waals surface area contributed by atoms with Gasteiger partial charge in [0.05, 0.1) is 10.6 Å². The molecule has 0 aliphatic carbocycles. The van der Waals surface area contributed by atoms with Gasteiger partial charge in [0.1, 0.15) is 0 Å². The lowest BCUT2D eigenvalue weighted by Crippen LogP contribution is -2.30. The third kappa shape index (κ3) is 4.58. The van der Waals surface area contributed by atoms with E-state index in [-0.39, 0.29) is 11.7 Å². The molecule has 0 bridgehead atoms. The van der Waals surface area contributed by atoms with E-state index in [2.05, 4.69) is 6.92 Å². The van der Waals surface area contributed by atoms with Crippen LogP contribution in [0.15, 0.2) is 29.2 Å². The van der Waals surface area contributed by atoms with Gasteiger partial charge in [-0.2, -0.15) is 0 Å². The molecule has 0 saturated carbocycles. The molecule has 1 rings (SSSR count). The molecule has 0 saturated heterocycles. The summed E-state index contributed by atoms with van der Waals surface area (Å²) < 4.78 is 24.2. The van der Waals surface area contributed by atoms with Crippen LogP contribution < -0.4 is 11.5 Å². The van der Waals surface area contributed by atoms with Crippen LogP contribution in [0.3, 0.4) is 0 Å². The van der Waals surface area contributed by atoms with E-state index in [1.165, 1.54) is 0 Å². The molecule has 114 valence electrons. The number of rotatable bonds is 8. The van der Waals surface area contributed by atoms with Crippen LogP contribution >= 0.6 is 0 Å². The van der Waals surface area contributed by atoms with E-state index in [4.69, 9.17) is 11.5 Å². The summed E-state index contributed by atoms with van der Waals surface area (Å²) >= 11 is 0. The van der Waals surface area contributed by atoms with Crippen LogP contribution in [0.4, 0.5) is 0 Å². The van der Waals surface area contributed by atoms with Crippen molar-refractivity contribution in [1.29, 1.82) is 0 Å².